The van der Waals surface area contributed by atoms with E-state index in [0.717, 1.165) is 25.0 Å². The summed E-state index contributed by atoms with van der Waals surface area (Å²) in [5, 5.41) is 6.18. The van der Waals surface area contributed by atoms with Crippen LogP contribution in [0.3, 0.4) is 0 Å². The lowest BCUT2D eigenvalue weighted by molar-refractivity contribution is 0.0560. The van der Waals surface area contributed by atoms with Gasteiger partial charge in [0.1, 0.15) is 11.5 Å². The van der Waals surface area contributed by atoms with Gasteiger partial charge in [0.05, 0.1) is 0 Å². The fourth-order valence-electron chi connectivity index (χ4n) is 2.12. The van der Waals surface area contributed by atoms with Gasteiger partial charge < -0.3 is 9.88 Å². The summed E-state index contributed by atoms with van der Waals surface area (Å²) in [6.07, 6.45) is 5.46. The molecule has 0 bridgehead atoms. The Bertz CT molecular complexity index is 620. The largest absolute Gasteiger partial charge is 0.351 e. The summed E-state index contributed by atoms with van der Waals surface area (Å²) in [4.78, 5) is 16.1. The molecule has 22 heavy (non-hydrogen) atoms. The summed E-state index contributed by atoms with van der Waals surface area (Å²) in [6.45, 7) is 2.58. The highest BCUT2D eigenvalue weighted by Gasteiger charge is 2.13. The number of nitrogens with zero attached hydrogens (tertiary/aromatic N) is 4. The van der Waals surface area contributed by atoms with Crippen molar-refractivity contribution in [2.24, 2.45) is 0 Å². The monoisotopic (exact) mass is 311 g/mol. The summed E-state index contributed by atoms with van der Waals surface area (Å²) in [5.74, 6) is 0.888. The third kappa shape index (κ3) is 3.90. The van der Waals surface area contributed by atoms with E-state index >= 15 is 0 Å². The minimum Gasteiger partial charge on any atom is -0.351 e. The molecule has 0 aromatic carbocycles. The lowest BCUT2D eigenvalue weighted by atomic mass is 10.2. The minimum atomic E-state index is -2.74. The fourth-order valence-corrected chi connectivity index (χ4v) is 2.12. The molecule has 120 valence electrons. The third-order valence-corrected chi connectivity index (χ3v) is 3.17. The number of aromatic nitrogens is 4. The Kier molecular flexibility index (Phi) is 5.24. The Hall–Kier alpha value is -2.25. The van der Waals surface area contributed by atoms with E-state index in [1.165, 1.54) is 6.07 Å². The van der Waals surface area contributed by atoms with Crippen LogP contribution in [0.1, 0.15) is 49.0 Å². The van der Waals surface area contributed by atoms with Crippen LogP contribution in [0.5, 0.6) is 0 Å². The predicted octanol–water partition coefficient (Wildman–Crippen LogP) is 2.42. The first-order chi connectivity index (χ1) is 10.5. The molecule has 1 amide bonds. The predicted molar refractivity (Wildman–Crippen MR) is 76.7 cm³/mol. The molecule has 0 unspecified atom stereocenters. The minimum absolute atomic E-state index is 0.00852. The number of aryl methyl sites for hydroxylation is 1. The van der Waals surface area contributed by atoms with Gasteiger partial charge in [-0.25, -0.2) is 9.67 Å². The molecule has 2 rings (SSSR count). The van der Waals surface area contributed by atoms with Crippen LogP contribution in [0.25, 0.3) is 0 Å². The first-order valence-electron chi connectivity index (χ1n) is 7.11. The van der Waals surface area contributed by atoms with Crippen molar-refractivity contribution in [1.82, 2.24) is 24.6 Å². The Morgan fingerprint density at radius 3 is 2.77 bits per heavy atom. The molecule has 6 nitrogen and oxygen atoms in total. The second kappa shape index (κ2) is 7.15. The van der Waals surface area contributed by atoms with Crippen LogP contribution in [-0.4, -0.2) is 31.8 Å². The molecule has 0 fully saturated rings. The number of nitrogens with one attached hydrogen (secondary N) is 1. The second-order valence-electron chi connectivity index (χ2n) is 5.20. The number of hydrogen-bond donors (Lipinski definition) is 1. The second-order valence-corrected chi connectivity index (χ2v) is 5.20. The van der Waals surface area contributed by atoms with Crippen molar-refractivity contribution in [2.75, 3.05) is 6.54 Å². The molecular weight excluding hydrogens is 292 g/mol. The smallest absolute Gasteiger partial charge is 0.333 e. The molecular formula is C14H19F2N5O. The van der Waals surface area contributed by atoms with Crippen molar-refractivity contribution < 1.29 is 13.6 Å². The number of carbonyl (C=O) groups is 1. The molecule has 2 aromatic heterocycles. The molecule has 0 radical (unpaired) electrons. The van der Waals surface area contributed by atoms with Gasteiger partial charge in [-0.15, -0.1) is 0 Å². The van der Waals surface area contributed by atoms with Gasteiger partial charge in [0.15, 0.2) is 0 Å². The van der Waals surface area contributed by atoms with Crippen molar-refractivity contribution in [3.8, 4) is 0 Å². The summed E-state index contributed by atoms with van der Waals surface area (Å²) >= 11 is 0. The van der Waals surface area contributed by atoms with Gasteiger partial charge in [0.2, 0.25) is 0 Å². The van der Waals surface area contributed by atoms with Crippen LogP contribution < -0.4 is 5.32 Å². The standard InChI is InChI=1S/C14H19F2N5O/c1-10(2)12-17-6-9-20(12)7-3-5-18-13(22)11-4-8-21(19-11)14(15)16/h4,6,8-10,14H,3,5,7H2,1-2H3,(H,18,22). The van der Waals surface area contributed by atoms with E-state index < -0.39 is 12.5 Å². The van der Waals surface area contributed by atoms with Gasteiger partial charge in [-0.2, -0.15) is 13.9 Å². The molecule has 1 N–H and O–H groups in total. The zero-order valence-electron chi connectivity index (χ0n) is 12.5. The number of carbonyl (C=O) groups excluding carboxylic acids is 1. The third-order valence-electron chi connectivity index (χ3n) is 3.17. The van der Waals surface area contributed by atoms with Crippen LogP contribution in [0.2, 0.25) is 0 Å². The number of imidazole rings is 1. The molecule has 0 saturated carbocycles. The number of amides is 1. The summed E-state index contributed by atoms with van der Waals surface area (Å²) in [6, 6.07) is 1.27. The normalized spacial score (nSPS) is 11.4. The molecule has 0 saturated heterocycles. The highest BCUT2D eigenvalue weighted by Crippen LogP contribution is 2.12. The molecule has 0 aliphatic rings. The van der Waals surface area contributed by atoms with E-state index in [1.807, 2.05) is 10.8 Å². The number of halogens is 2. The fraction of sp³-hybridized carbons (Fsp3) is 0.500. The van der Waals surface area contributed by atoms with Crippen molar-refractivity contribution in [3.05, 3.63) is 36.2 Å². The highest BCUT2D eigenvalue weighted by molar-refractivity contribution is 5.92. The maximum Gasteiger partial charge on any atom is 0.333 e. The maximum absolute atomic E-state index is 12.4. The quantitative estimate of drug-likeness (QED) is 0.799. The summed E-state index contributed by atoms with van der Waals surface area (Å²) < 4.78 is 27.2. The number of rotatable bonds is 7. The summed E-state index contributed by atoms with van der Waals surface area (Å²) in [7, 11) is 0. The van der Waals surface area contributed by atoms with Gasteiger partial charge >= 0.3 is 6.55 Å². The molecule has 0 atom stereocenters. The van der Waals surface area contributed by atoms with Gasteiger partial charge in [-0.05, 0) is 12.5 Å². The van der Waals surface area contributed by atoms with E-state index in [4.69, 9.17) is 0 Å². The van der Waals surface area contributed by atoms with Gasteiger partial charge in [0.25, 0.3) is 5.91 Å². The zero-order valence-corrected chi connectivity index (χ0v) is 12.5. The van der Waals surface area contributed by atoms with Crippen LogP contribution in [-0.2, 0) is 6.54 Å². The van der Waals surface area contributed by atoms with Crippen molar-refractivity contribution in [2.45, 2.75) is 39.3 Å². The van der Waals surface area contributed by atoms with Gasteiger partial charge in [-0.3, -0.25) is 4.79 Å². The average Bonchev–Trinajstić information content (AvgIpc) is 3.12. The van der Waals surface area contributed by atoms with Crippen LogP contribution in [0.15, 0.2) is 24.7 Å². The zero-order chi connectivity index (χ0) is 16.1. The van der Waals surface area contributed by atoms with E-state index in [0.29, 0.717) is 17.1 Å². The number of hydrogen-bond acceptors (Lipinski definition) is 3. The Morgan fingerprint density at radius 1 is 1.36 bits per heavy atom. The Morgan fingerprint density at radius 2 is 2.14 bits per heavy atom. The molecule has 0 aliphatic heterocycles. The average molecular weight is 311 g/mol. The molecule has 8 heteroatoms. The lowest BCUT2D eigenvalue weighted by Gasteiger charge is -2.10. The molecule has 2 heterocycles. The lowest BCUT2D eigenvalue weighted by Crippen LogP contribution is -2.26. The van der Waals surface area contributed by atoms with E-state index in [1.54, 1.807) is 6.20 Å². The SMILES string of the molecule is CC(C)c1nccn1CCCNC(=O)c1ccn(C(F)F)n1. The van der Waals surface area contributed by atoms with Crippen LogP contribution in [0, 0.1) is 0 Å². The van der Waals surface area contributed by atoms with Gasteiger partial charge in [-0.1, -0.05) is 13.8 Å². The van der Waals surface area contributed by atoms with Crippen molar-refractivity contribution in [3.63, 3.8) is 0 Å². The Balaban J connectivity index is 1.78. The Labute approximate surface area is 127 Å². The van der Waals surface area contributed by atoms with E-state index in [-0.39, 0.29) is 5.69 Å². The van der Waals surface area contributed by atoms with Crippen LogP contribution in [0.4, 0.5) is 8.78 Å². The molecule has 0 aliphatic carbocycles. The molecule has 2 aromatic rings. The number of alkyl halides is 2. The van der Waals surface area contributed by atoms with Crippen molar-refractivity contribution >= 4 is 5.91 Å². The topological polar surface area (TPSA) is 64.7 Å². The molecule has 0 spiro atoms. The summed E-state index contributed by atoms with van der Waals surface area (Å²) in [5.41, 5.74) is -0.00852. The van der Waals surface area contributed by atoms with Crippen molar-refractivity contribution in [1.29, 1.82) is 0 Å². The van der Waals surface area contributed by atoms with Gasteiger partial charge in [0, 0.05) is 37.6 Å². The van der Waals surface area contributed by atoms with E-state index in [2.05, 4.69) is 29.2 Å². The first-order valence-corrected chi connectivity index (χ1v) is 7.11. The first kappa shape index (κ1) is 16.1. The highest BCUT2D eigenvalue weighted by atomic mass is 19.3. The van der Waals surface area contributed by atoms with Crippen LogP contribution >= 0.6 is 0 Å². The van der Waals surface area contributed by atoms with E-state index in [9.17, 15) is 13.6 Å². The maximum atomic E-state index is 12.4.